The molecule has 184 valence electrons. The highest BCUT2D eigenvalue weighted by molar-refractivity contribution is 5.95. The van der Waals surface area contributed by atoms with Gasteiger partial charge in [0.05, 0.1) is 29.7 Å². The summed E-state index contributed by atoms with van der Waals surface area (Å²) in [6.07, 6.45) is 2.96. The lowest BCUT2D eigenvalue weighted by atomic mass is 9.85. The quantitative estimate of drug-likeness (QED) is 0.557. The van der Waals surface area contributed by atoms with Gasteiger partial charge in [0.15, 0.2) is 0 Å². The van der Waals surface area contributed by atoms with Gasteiger partial charge >= 0.3 is 12.1 Å². The van der Waals surface area contributed by atoms with Crippen molar-refractivity contribution in [3.63, 3.8) is 0 Å². The summed E-state index contributed by atoms with van der Waals surface area (Å²) >= 11 is 0. The van der Waals surface area contributed by atoms with Crippen LogP contribution in [0.25, 0.3) is 11.0 Å². The number of nitrogens with zero attached hydrogens (tertiary/aromatic N) is 3. The number of carbonyl (C=O) groups excluding carboxylic acids is 1. The van der Waals surface area contributed by atoms with Crippen LogP contribution >= 0.6 is 0 Å². The maximum Gasteiger partial charge on any atom is 0.414 e. The zero-order valence-corrected chi connectivity index (χ0v) is 20.1. The van der Waals surface area contributed by atoms with Crippen molar-refractivity contribution in [2.75, 3.05) is 12.0 Å². The molecular formula is C27H31N3O5. The Morgan fingerprint density at radius 3 is 2.60 bits per heavy atom. The van der Waals surface area contributed by atoms with Crippen LogP contribution in [-0.2, 0) is 16.0 Å². The molecule has 1 aliphatic carbocycles. The minimum absolute atomic E-state index is 0.00136. The summed E-state index contributed by atoms with van der Waals surface area (Å²) in [5.41, 5.74) is 4.08. The van der Waals surface area contributed by atoms with Gasteiger partial charge in [0.2, 0.25) is 0 Å². The van der Waals surface area contributed by atoms with Crippen LogP contribution in [0.15, 0.2) is 42.5 Å². The fourth-order valence-electron chi connectivity index (χ4n) is 5.78. The van der Waals surface area contributed by atoms with Crippen molar-refractivity contribution in [2.45, 2.75) is 63.6 Å². The number of fused-ring (bicyclic) bond motifs is 3. The van der Waals surface area contributed by atoms with Crippen molar-refractivity contribution in [3.8, 4) is 0 Å². The summed E-state index contributed by atoms with van der Waals surface area (Å²) < 4.78 is 7.11. The highest BCUT2D eigenvalue weighted by atomic mass is 16.5. The Morgan fingerprint density at radius 1 is 1.11 bits per heavy atom. The van der Waals surface area contributed by atoms with Crippen LogP contribution in [0.1, 0.15) is 68.1 Å². The van der Waals surface area contributed by atoms with Crippen LogP contribution in [-0.4, -0.2) is 45.0 Å². The van der Waals surface area contributed by atoms with Crippen molar-refractivity contribution >= 4 is 28.8 Å². The number of anilines is 1. The zero-order chi connectivity index (χ0) is 24.7. The second-order valence-electron chi connectivity index (χ2n) is 9.67. The van der Waals surface area contributed by atoms with E-state index < -0.39 is 24.1 Å². The molecule has 2 aliphatic rings. The average molecular weight is 478 g/mol. The molecule has 1 aliphatic heterocycles. The van der Waals surface area contributed by atoms with Gasteiger partial charge in [-0.2, -0.15) is 0 Å². The normalized spacial score (nSPS) is 23.1. The highest BCUT2D eigenvalue weighted by Crippen LogP contribution is 2.42. The van der Waals surface area contributed by atoms with Crippen LogP contribution in [0.5, 0.6) is 0 Å². The van der Waals surface area contributed by atoms with Crippen molar-refractivity contribution in [3.05, 3.63) is 59.4 Å². The predicted molar refractivity (Wildman–Crippen MR) is 132 cm³/mol. The molecular weight excluding hydrogens is 446 g/mol. The fourth-order valence-corrected chi connectivity index (χ4v) is 5.78. The SMILES string of the molecule is COC(=O)N1c2ccc3c(nc([C@@H](O)c4ccccc4)n3[C@@H]3CCC[C@@H](C(=O)O)C3)c2CC[C@@H]1C. The van der Waals surface area contributed by atoms with E-state index in [2.05, 4.69) is 4.57 Å². The molecule has 8 heteroatoms. The molecule has 3 aromatic rings. The number of carboxylic acid groups (broad SMARTS) is 1. The zero-order valence-electron chi connectivity index (χ0n) is 20.1. The number of carbonyl (C=O) groups is 2. The van der Waals surface area contributed by atoms with E-state index >= 15 is 0 Å². The second kappa shape index (κ2) is 9.34. The maximum absolute atomic E-state index is 12.6. The summed E-state index contributed by atoms with van der Waals surface area (Å²) in [6.45, 7) is 2.00. The first-order valence-electron chi connectivity index (χ1n) is 12.3. The first-order chi connectivity index (χ1) is 16.9. The number of ether oxygens (including phenoxy) is 1. The van der Waals surface area contributed by atoms with Crippen LogP contribution < -0.4 is 4.90 Å². The van der Waals surface area contributed by atoms with E-state index in [1.54, 1.807) is 4.90 Å². The lowest BCUT2D eigenvalue weighted by Gasteiger charge is -2.34. The Balaban J connectivity index is 1.69. The van der Waals surface area contributed by atoms with Gasteiger partial charge in [-0.25, -0.2) is 9.78 Å². The van der Waals surface area contributed by atoms with E-state index in [4.69, 9.17) is 9.72 Å². The number of methoxy groups -OCH3 is 1. The molecule has 0 radical (unpaired) electrons. The molecule has 1 saturated carbocycles. The van der Waals surface area contributed by atoms with E-state index in [0.717, 1.165) is 53.5 Å². The number of aromatic nitrogens is 2. The molecule has 0 saturated heterocycles. The van der Waals surface area contributed by atoms with Gasteiger partial charge < -0.3 is 19.5 Å². The first kappa shape index (κ1) is 23.4. The Hall–Kier alpha value is -3.39. The first-order valence-corrected chi connectivity index (χ1v) is 12.3. The number of hydrogen-bond donors (Lipinski definition) is 2. The van der Waals surface area contributed by atoms with Crippen molar-refractivity contribution in [1.82, 2.24) is 9.55 Å². The molecule has 4 atom stereocenters. The lowest BCUT2D eigenvalue weighted by molar-refractivity contribution is -0.143. The molecule has 0 spiro atoms. The van der Waals surface area contributed by atoms with Gasteiger partial charge in [-0.1, -0.05) is 36.8 Å². The van der Waals surface area contributed by atoms with Gasteiger partial charge in [-0.3, -0.25) is 9.69 Å². The van der Waals surface area contributed by atoms with Crippen molar-refractivity contribution in [1.29, 1.82) is 0 Å². The molecule has 1 fully saturated rings. The standard InChI is InChI=1S/C27H31N3O5/c1-16-11-12-20-21(29(16)27(34)35-2)13-14-22-23(20)28-25(24(31)17-7-4-3-5-8-17)30(22)19-10-6-9-18(15-19)26(32)33/h3-5,7-8,13-14,16,18-19,24,31H,6,9-12,15H2,1-2H3,(H,32,33)/t16-,18+,19+,24-/m0/s1. The number of aliphatic carboxylic acids is 1. The molecule has 0 bridgehead atoms. The summed E-state index contributed by atoms with van der Waals surface area (Å²) in [7, 11) is 1.38. The fraction of sp³-hybridized carbons (Fsp3) is 0.444. The Morgan fingerprint density at radius 2 is 1.89 bits per heavy atom. The summed E-state index contributed by atoms with van der Waals surface area (Å²) in [4.78, 5) is 31.0. The number of aliphatic hydroxyl groups is 1. The number of imidazole rings is 1. The third-order valence-electron chi connectivity index (χ3n) is 7.57. The Kier molecular flexibility index (Phi) is 6.23. The van der Waals surface area contributed by atoms with Crippen LogP contribution in [0, 0.1) is 5.92 Å². The molecule has 0 unspecified atom stereocenters. The molecule has 8 nitrogen and oxygen atoms in total. The maximum atomic E-state index is 12.6. The monoisotopic (exact) mass is 477 g/mol. The molecule has 2 aromatic carbocycles. The topological polar surface area (TPSA) is 105 Å². The summed E-state index contributed by atoms with van der Waals surface area (Å²) in [6, 6.07) is 13.2. The number of amides is 1. The lowest BCUT2D eigenvalue weighted by Crippen LogP contribution is -2.42. The number of hydrogen-bond acceptors (Lipinski definition) is 5. The van der Waals surface area contributed by atoms with E-state index in [0.29, 0.717) is 18.7 Å². The smallest absolute Gasteiger partial charge is 0.414 e. The number of benzene rings is 2. The van der Waals surface area contributed by atoms with Gasteiger partial charge in [-0.15, -0.1) is 0 Å². The molecule has 2 heterocycles. The third kappa shape index (κ3) is 4.05. The second-order valence-corrected chi connectivity index (χ2v) is 9.67. The number of rotatable bonds is 4. The van der Waals surface area contributed by atoms with Gasteiger partial charge in [0.25, 0.3) is 0 Å². The Labute approximate surface area is 204 Å². The minimum atomic E-state index is -0.955. The van der Waals surface area contributed by atoms with Gasteiger partial charge in [0, 0.05) is 17.6 Å². The van der Waals surface area contributed by atoms with Gasteiger partial charge in [-0.05, 0) is 56.7 Å². The Bertz CT molecular complexity index is 1250. The van der Waals surface area contributed by atoms with Crippen LogP contribution in [0.2, 0.25) is 0 Å². The molecule has 2 N–H and O–H groups in total. The van der Waals surface area contributed by atoms with E-state index in [-0.39, 0.29) is 12.1 Å². The van der Waals surface area contributed by atoms with Crippen molar-refractivity contribution in [2.24, 2.45) is 5.92 Å². The molecule has 35 heavy (non-hydrogen) atoms. The molecule has 5 rings (SSSR count). The van der Waals surface area contributed by atoms with E-state index in [9.17, 15) is 19.8 Å². The minimum Gasteiger partial charge on any atom is -0.481 e. The largest absolute Gasteiger partial charge is 0.481 e. The van der Waals surface area contributed by atoms with Crippen LogP contribution in [0.4, 0.5) is 10.5 Å². The summed E-state index contributed by atoms with van der Waals surface area (Å²) in [5, 5.41) is 21.1. The molecule has 1 amide bonds. The number of aliphatic hydroxyl groups excluding tert-OH is 1. The summed E-state index contributed by atoms with van der Waals surface area (Å²) in [5.74, 6) is -0.676. The number of aryl methyl sites for hydroxylation is 1. The third-order valence-corrected chi connectivity index (χ3v) is 7.57. The predicted octanol–water partition coefficient (Wildman–Crippen LogP) is 4.84. The number of carboxylic acids is 1. The van der Waals surface area contributed by atoms with E-state index in [1.807, 2.05) is 49.4 Å². The highest BCUT2D eigenvalue weighted by Gasteiger charge is 2.35. The van der Waals surface area contributed by atoms with Gasteiger partial charge in [0.1, 0.15) is 11.9 Å². The van der Waals surface area contributed by atoms with E-state index in [1.165, 1.54) is 7.11 Å². The average Bonchev–Trinajstić information content (AvgIpc) is 3.28. The molecule has 1 aromatic heterocycles. The van der Waals surface area contributed by atoms with Crippen molar-refractivity contribution < 1.29 is 24.5 Å². The van der Waals surface area contributed by atoms with Crippen LogP contribution in [0.3, 0.4) is 0 Å².